The van der Waals surface area contributed by atoms with E-state index in [0.717, 1.165) is 31.6 Å². The van der Waals surface area contributed by atoms with Gasteiger partial charge in [-0.15, -0.1) is 0 Å². The van der Waals surface area contributed by atoms with Crippen LogP contribution in [0.25, 0.3) is 0 Å². The molecule has 2 fully saturated rings. The van der Waals surface area contributed by atoms with E-state index < -0.39 is 4.92 Å². The first-order valence-electron chi connectivity index (χ1n) is 12.1. The van der Waals surface area contributed by atoms with Gasteiger partial charge in [0.25, 0.3) is 0 Å². The lowest BCUT2D eigenvalue weighted by molar-refractivity contribution is -0.385. The van der Waals surface area contributed by atoms with Crippen LogP contribution in [0.5, 0.6) is 5.75 Å². The Hall–Kier alpha value is -3.11. The standard InChI is InChI=1S/C25H31ClFN5O4.CH4/c1-36-24-17-20(3-5-23(24)32(34)35)28-19-6-10-31(11-7-19)25(33)8-9-29-12-14-30(15-13-29)22-4-2-18(26)16-21(22)27;/h2-5,16-17,19,28H,6-15H2,1H3;1H4. The normalized spacial score (nSPS) is 16.7. The molecule has 9 nitrogen and oxygen atoms in total. The van der Waals surface area contributed by atoms with Crippen molar-refractivity contribution in [2.45, 2.75) is 32.7 Å². The number of hydrogen-bond acceptors (Lipinski definition) is 7. The summed E-state index contributed by atoms with van der Waals surface area (Å²) in [5, 5.41) is 14.9. The number of carbonyl (C=O) groups excluding carboxylic acids is 1. The Bertz CT molecular complexity index is 1090. The number of nitrogens with one attached hydrogen (secondary N) is 1. The lowest BCUT2D eigenvalue weighted by Crippen LogP contribution is -2.48. The van der Waals surface area contributed by atoms with Crippen LogP contribution in [-0.4, -0.2) is 79.6 Å². The number of nitrogens with zero attached hydrogens (tertiary/aromatic N) is 4. The van der Waals surface area contributed by atoms with Gasteiger partial charge in [-0.05, 0) is 37.1 Å². The lowest BCUT2D eigenvalue weighted by Gasteiger charge is -2.37. The molecule has 2 aromatic rings. The number of halogens is 2. The van der Waals surface area contributed by atoms with Gasteiger partial charge >= 0.3 is 5.69 Å². The number of anilines is 2. The Morgan fingerprint density at radius 3 is 2.46 bits per heavy atom. The number of piperazine rings is 1. The van der Waals surface area contributed by atoms with Crippen molar-refractivity contribution in [2.24, 2.45) is 0 Å². The fraction of sp³-hybridized carbons (Fsp3) is 0.500. The molecule has 2 heterocycles. The first kappa shape index (κ1) is 28.5. The van der Waals surface area contributed by atoms with Gasteiger partial charge in [0.15, 0.2) is 5.75 Å². The molecule has 2 aliphatic rings. The minimum absolute atomic E-state index is 0. The van der Waals surface area contributed by atoms with E-state index in [-0.39, 0.29) is 36.6 Å². The van der Waals surface area contributed by atoms with Gasteiger partial charge in [-0.2, -0.15) is 0 Å². The van der Waals surface area contributed by atoms with Gasteiger partial charge in [0.1, 0.15) is 5.82 Å². The van der Waals surface area contributed by atoms with Crippen LogP contribution in [0.4, 0.5) is 21.5 Å². The second-order valence-corrected chi connectivity index (χ2v) is 9.55. The van der Waals surface area contributed by atoms with E-state index in [9.17, 15) is 19.3 Å². The van der Waals surface area contributed by atoms with E-state index in [0.29, 0.717) is 49.9 Å². The quantitative estimate of drug-likeness (QED) is 0.388. The molecule has 1 N–H and O–H groups in total. The van der Waals surface area contributed by atoms with Crippen molar-refractivity contribution >= 4 is 34.6 Å². The van der Waals surface area contributed by atoms with Crippen LogP contribution in [0.2, 0.25) is 5.02 Å². The van der Waals surface area contributed by atoms with Crippen LogP contribution < -0.4 is 15.0 Å². The number of methoxy groups -OCH3 is 1. The maximum Gasteiger partial charge on any atom is 0.311 e. The van der Waals surface area contributed by atoms with Crippen molar-refractivity contribution in [1.29, 1.82) is 0 Å². The second-order valence-electron chi connectivity index (χ2n) is 9.12. The SMILES string of the molecule is C.COc1cc(NC2CCN(C(=O)CCN3CCN(c4ccc(Cl)cc4F)CC3)CC2)ccc1[N+](=O)[O-]. The molecule has 0 aromatic heterocycles. The molecular formula is C26H35ClFN5O4. The number of amides is 1. The number of nitro benzene ring substituents is 1. The van der Waals surface area contributed by atoms with Gasteiger partial charge in [0, 0.05) is 81.1 Å². The number of benzene rings is 2. The van der Waals surface area contributed by atoms with Gasteiger partial charge in [0.05, 0.1) is 17.7 Å². The van der Waals surface area contributed by atoms with Crippen molar-refractivity contribution in [3.05, 3.63) is 57.4 Å². The summed E-state index contributed by atoms with van der Waals surface area (Å²) in [6.45, 7) is 5.00. The summed E-state index contributed by atoms with van der Waals surface area (Å²) in [7, 11) is 1.41. The number of hydrogen-bond donors (Lipinski definition) is 1. The molecule has 0 aliphatic carbocycles. The third kappa shape index (κ3) is 7.23. The highest BCUT2D eigenvalue weighted by Crippen LogP contribution is 2.30. The van der Waals surface area contributed by atoms with Crippen LogP contribution >= 0.6 is 11.6 Å². The minimum Gasteiger partial charge on any atom is -0.490 e. The Morgan fingerprint density at radius 1 is 1.14 bits per heavy atom. The third-order valence-corrected chi connectivity index (χ3v) is 7.09. The van der Waals surface area contributed by atoms with Gasteiger partial charge < -0.3 is 19.9 Å². The topological polar surface area (TPSA) is 91.2 Å². The zero-order valence-electron chi connectivity index (χ0n) is 20.3. The molecule has 0 saturated carbocycles. The largest absolute Gasteiger partial charge is 0.490 e. The predicted molar refractivity (Wildman–Crippen MR) is 144 cm³/mol. The van der Waals surface area contributed by atoms with E-state index in [1.54, 1.807) is 24.3 Å². The van der Waals surface area contributed by atoms with E-state index in [2.05, 4.69) is 10.2 Å². The van der Waals surface area contributed by atoms with Crippen LogP contribution in [0, 0.1) is 15.9 Å². The van der Waals surface area contributed by atoms with Crippen LogP contribution in [0.1, 0.15) is 26.7 Å². The van der Waals surface area contributed by atoms with Crippen molar-refractivity contribution < 1.29 is 18.8 Å². The van der Waals surface area contributed by atoms with Crippen LogP contribution in [-0.2, 0) is 4.79 Å². The van der Waals surface area contributed by atoms with Crippen LogP contribution in [0.3, 0.4) is 0 Å². The molecule has 0 bridgehead atoms. The highest BCUT2D eigenvalue weighted by Gasteiger charge is 2.25. The number of ether oxygens (including phenoxy) is 1. The van der Waals surface area contributed by atoms with Crippen molar-refractivity contribution in [3.63, 3.8) is 0 Å². The van der Waals surface area contributed by atoms with Gasteiger partial charge in [-0.3, -0.25) is 19.8 Å². The molecule has 0 atom stereocenters. The molecule has 11 heteroatoms. The van der Waals surface area contributed by atoms with E-state index >= 15 is 0 Å². The molecule has 0 radical (unpaired) electrons. The number of carbonyl (C=O) groups is 1. The Morgan fingerprint density at radius 2 is 1.84 bits per heavy atom. The molecule has 0 spiro atoms. The Labute approximate surface area is 222 Å². The van der Waals surface area contributed by atoms with Crippen molar-refractivity contribution in [2.75, 3.05) is 63.1 Å². The summed E-state index contributed by atoms with van der Waals surface area (Å²) in [5.74, 6) is 0.0603. The molecule has 2 saturated heterocycles. The van der Waals surface area contributed by atoms with E-state index in [4.69, 9.17) is 16.3 Å². The Balaban J connectivity index is 0.00000380. The summed E-state index contributed by atoms with van der Waals surface area (Å²) in [6, 6.07) is 9.69. The van der Waals surface area contributed by atoms with E-state index in [1.807, 2.05) is 9.80 Å². The zero-order chi connectivity index (χ0) is 25.7. The maximum atomic E-state index is 14.2. The average molecular weight is 536 g/mol. The molecular weight excluding hydrogens is 501 g/mol. The molecule has 202 valence electrons. The summed E-state index contributed by atoms with van der Waals surface area (Å²) in [6.07, 6.45) is 2.07. The maximum absolute atomic E-state index is 14.2. The van der Waals surface area contributed by atoms with Crippen LogP contribution in [0.15, 0.2) is 36.4 Å². The molecule has 1 amide bonds. The summed E-state index contributed by atoms with van der Waals surface area (Å²) >= 11 is 5.85. The first-order valence-corrected chi connectivity index (χ1v) is 12.5. The number of piperidine rings is 1. The summed E-state index contributed by atoms with van der Waals surface area (Å²) in [5.41, 5.74) is 1.26. The Kier molecular flexibility index (Phi) is 9.93. The minimum atomic E-state index is -0.466. The molecule has 0 unspecified atom stereocenters. The van der Waals surface area contributed by atoms with Gasteiger partial charge in [-0.25, -0.2) is 4.39 Å². The molecule has 37 heavy (non-hydrogen) atoms. The highest BCUT2D eigenvalue weighted by atomic mass is 35.5. The molecule has 4 rings (SSSR count). The van der Waals surface area contributed by atoms with Gasteiger partial charge in [0.2, 0.25) is 5.91 Å². The second kappa shape index (κ2) is 12.9. The van der Waals surface area contributed by atoms with Crippen molar-refractivity contribution in [3.8, 4) is 5.75 Å². The first-order chi connectivity index (χ1) is 17.3. The van der Waals surface area contributed by atoms with Gasteiger partial charge in [-0.1, -0.05) is 19.0 Å². The predicted octanol–water partition coefficient (Wildman–Crippen LogP) is 4.65. The number of nitro groups is 1. The monoisotopic (exact) mass is 535 g/mol. The zero-order valence-corrected chi connectivity index (χ0v) is 21.0. The average Bonchev–Trinajstić information content (AvgIpc) is 2.88. The summed E-state index contributed by atoms with van der Waals surface area (Å²) in [4.78, 5) is 29.6. The fourth-order valence-corrected chi connectivity index (χ4v) is 4.95. The molecule has 2 aliphatic heterocycles. The van der Waals surface area contributed by atoms with E-state index in [1.165, 1.54) is 19.2 Å². The highest BCUT2D eigenvalue weighted by molar-refractivity contribution is 6.30. The lowest BCUT2D eigenvalue weighted by atomic mass is 10.0. The third-order valence-electron chi connectivity index (χ3n) is 6.86. The number of likely N-dealkylation sites (tertiary alicyclic amines) is 1. The molecule has 2 aromatic carbocycles. The van der Waals surface area contributed by atoms with Crippen molar-refractivity contribution in [1.82, 2.24) is 9.80 Å². The smallest absolute Gasteiger partial charge is 0.311 e. The number of rotatable bonds is 8. The summed E-state index contributed by atoms with van der Waals surface area (Å²) < 4.78 is 19.3. The fourth-order valence-electron chi connectivity index (χ4n) is 4.79.